The van der Waals surface area contributed by atoms with Crippen molar-refractivity contribution in [3.05, 3.63) is 5.84 Å². The Hall–Kier alpha value is -0.530. The van der Waals surface area contributed by atoms with Gasteiger partial charge in [-0.15, -0.1) is 0 Å². The number of fused-ring (bicyclic) bond motifs is 1. The van der Waals surface area contributed by atoms with E-state index in [9.17, 15) is 0 Å². The van der Waals surface area contributed by atoms with Gasteiger partial charge in [0.15, 0.2) is 5.71 Å². The van der Waals surface area contributed by atoms with Gasteiger partial charge in [0.2, 0.25) is 0 Å². The highest BCUT2D eigenvalue weighted by Crippen LogP contribution is 2.46. The normalized spacial score (nSPS) is 47.1. The van der Waals surface area contributed by atoms with Crippen LogP contribution < -0.4 is 0 Å². The van der Waals surface area contributed by atoms with Crippen molar-refractivity contribution in [2.75, 3.05) is 0 Å². The summed E-state index contributed by atoms with van der Waals surface area (Å²) in [4.78, 5) is 0. The van der Waals surface area contributed by atoms with Crippen molar-refractivity contribution in [1.82, 2.24) is 0 Å². The molecule has 3 atom stereocenters. The summed E-state index contributed by atoms with van der Waals surface area (Å²) in [5.41, 5.74) is 1.47. The highest BCUT2D eigenvalue weighted by molar-refractivity contribution is 5.85. The largest absolute Gasteiger partial charge is 0.454 e. The second-order valence-corrected chi connectivity index (χ2v) is 4.25. The molecule has 0 saturated heterocycles. The Kier molecular flexibility index (Phi) is 0.984. The minimum Gasteiger partial charge on any atom is -0.454 e. The molecule has 2 unspecified atom stereocenters. The fourth-order valence-electron chi connectivity index (χ4n) is 3.30. The van der Waals surface area contributed by atoms with Gasteiger partial charge in [-0.2, -0.15) is 0 Å². The third-order valence-corrected chi connectivity index (χ3v) is 3.78. The average molecular weight is 150 g/mol. The predicted octanol–water partition coefficient (Wildman–Crippen LogP) is 2.00. The van der Waals surface area contributed by atoms with E-state index in [-0.39, 0.29) is 0 Å². The molecule has 0 spiro atoms. The van der Waals surface area contributed by atoms with Crippen molar-refractivity contribution < 1.29 is 4.68 Å². The standard InChI is InChI=1S/C9H14N2/c10-11-7-4-6-2-1-3-9(11)8(6)5-7/h6-8,10H,1-5H2/t6?,7-,8?/m0/s1. The third kappa shape index (κ3) is 0.608. The number of rotatable bonds is 0. The molecule has 3 rings (SSSR count). The summed E-state index contributed by atoms with van der Waals surface area (Å²) in [5.74, 6) is 9.61. The Morgan fingerprint density at radius 1 is 1.36 bits per heavy atom. The lowest BCUT2D eigenvalue weighted by molar-refractivity contribution is -0.497. The summed E-state index contributed by atoms with van der Waals surface area (Å²) in [6.07, 6.45) is 6.64. The van der Waals surface area contributed by atoms with Gasteiger partial charge in [-0.25, -0.2) is 0 Å². The van der Waals surface area contributed by atoms with Crippen LogP contribution in [0.1, 0.15) is 32.1 Å². The molecule has 1 heterocycles. The fraction of sp³-hybridized carbons (Fsp3) is 0.889. The molecule has 2 nitrogen and oxygen atoms in total. The van der Waals surface area contributed by atoms with E-state index in [0.717, 1.165) is 11.8 Å². The molecule has 0 aromatic heterocycles. The lowest BCUT2D eigenvalue weighted by Gasteiger charge is -2.27. The number of nitrogens with one attached hydrogen (secondary N) is 1. The Labute approximate surface area is 67.1 Å². The molecule has 60 valence electrons. The summed E-state index contributed by atoms with van der Waals surface area (Å²) in [6, 6.07) is 0.611. The molecule has 11 heavy (non-hydrogen) atoms. The molecule has 2 saturated carbocycles. The van der Waals surface area contributed by atoms with Crippen LogP contribution in [0.2, 0.25) is 0 Å². The van der Waals surface area contributed by atoms with Crippen molar-refractivity contribution in [1.29, 1.82) is 0 Å². The predicted molar refractivity (Wildman–Crippen MR) is 43.4 cm³/mol. The first-order valence-electron chi connectivity index (χ1n) is 4.72. The van der Waals surface area contributed by atoms with E-state index < -0.39 is 0 Å². The molecule has 2 heteroatoms. The smallest absolute Gasteiger partial charge is 0.151 e. The first-order chi connectivity index (χ1) is 5.36. The Balaban J connectivity index is 2.07. The molecule has 2 aliphatic carbocycles. The van der Waals surface area contributed by atoms with Gasteiger partial charge in [-0.05, 0) is 18.8 Å². The third-order valence-electron chi connectivity index (χ3n) is 3.78. The summed E-state index contributed by atoms with van der Waals surface area (Å²) in [6.45, 7) is 0. The highest BCUT2D eigenvalue weighted by atomic mass is 15.4. The zero-order chi connectivity index (χ0) is 7.42. The lowest BCUT2D eigenvalue weighted by atomic mass is 9.80. The van der Waals surface area contributed by atoms with Crippen molar-refractivity contribution in [2.45, 2.75) is 38.1 Å². The van der Waals surface area contributed by atoms with Gasteiger partial charge in [0.25, 0.3) is 0 Å². The number of nitrogens with zero attached hydrogens (tertiary/aromatic N) is 1. The average Bonchev–Trinajstić information content (AvgIpc) is 2.53. The van der Waals surface area contributed by atoms with Gasteiger partial charge in [-0.3, -0.25) is 4.68 Å². The van der Waals surface area contributed by atoms with Gasteiger partial charge in [0.05, 0.1) is 0 Å². The molecular weight excluding hydrogens is 136 g/mol. The van der Waals surface area contributed by atoms with Crippen LogP contribution in [0.3, 0.4) is 0 Å². The SMILES string of the molecule is [NH-][N+]1=C2CCCC3C[C@H]1CC23. The summed E-state index contributed by atoms with van der Waals surface area (Å²) in [5, 5.41) is 0. The second-order valence-electron chi connectivity index (χ2n) is 4.25. The second kappa shape index (κ2) is 1.79. The van der Waals surface area contributed by atoms with E-state index in [0.29, 0.717) is 6.04 Å². The van der Waals surface area contributed by atoms with Crippen LogP contribution in [-0.4, -0.2) is 16.4 Å². The Morgan fingerprint density at radius 2 is 2.27 bits per heavy atom. The van der Waals surface area contributed by atoms with Gasteiger partial charge in [0.1, 0.15) is 6.04 Å². The van der Waals surface area contributed by atoms with Crippen molar-refractivity contribution in [3.63, 3.8) is 0 Å². The Bertz CT molecular complexity index is 232. The zero-order valence-electron chi connectivity index (χ0n) is 6.71. The van der Waals surface area contributed by atoms with E-state index in [2.05, 4.69) is 0 Å². The molecule has 2 bridgehead atoms. The molecular formula is C9H14N2. The van der Waals surface area contributed by atoms with Crippen molar-refractivity contribution in [2.24, 2.45) is 11.8 Å². The molecule has 0 amide bonds. The monoisotopic (exact) mass is 150 g/mol. The summed E-state index contributed by atoms with van der Waals surface area (Å²) >= 11 is 0. The maximum absolute atomic E-state index is 7.80. The molecule has 0 aromatic rings. The fourth-order valence-corrected chi connectivity index (χ4v) is 3.30. The molecule has 0 aromatic carbocycles. The van der Waals surface area contributed by atoms with E-state index in [4.69, 9.17) is 5.84 Å². The van der Waals surface area contributed by atoms with Crippen LogP contribution in [0.5, 0.6) is 0 Å². The summed E-state index contributed by atoms with van der Waals surface area (Å²) < 4.78 is 1.83. The summed E-state index contributed by atoms with van der Waals surface area (Å²) in [7, 11) is 0. The van der Waals surface area contributed by atoms with Crippen LogP contribution >= 0.6 is 0 Å². The molecule has 2 fully saturated rings. The lowest BCUT2D eigenvalue weighted by Crippen LogP contribution is -2.31. The quantitative estimate of drug-likeness (QED) is 0.472. The van der Waals surface area contributed by atoms with Gasteiger partial charge >= 0.3 is 0 Å². The van der Waals surface area contributed by atoms with Crippen molar-refractivity contribution >= 4 is 5.71 Å². The van der Waals surface area contributed by atoms with Gasteiger partial charge < -0.3 is 5.84 Å². The van der Waals surface area contributed by atoms with E-state index in [1.165, 1.54) is 37.8 Å². The zero-order valence-corrected chi connectivity index (χ0v) is 6.71. The van der Waals surface area contributed by atoms with Gasteiger partial charge in [0, 0.05) is 25.2 Å². The number of hydrogen-bond acceptors (Lipinski definition) is 0. The molecule has 3 aliphatic rings. The first-order valence-corrected chi connectivity index (χ1v) is 4.72. The number of hydrogen-bond donors (Lipinski definition) is 0. The van der Waals surface area contributed by atoms with Crippen LogP contribution in [0.4, 0.5) is 0 Å². The molecule has 1 aliphatic heterocycles. The maximum atomic E-state index is 7.80. The topological polar surface area (TPSA) is 26.8 Å². The van der Waals surface area contributed by atoms with Crippen LogP contribution in [-0.2, 0) is 0 Å². The first kappa shape index (κ1) is 6.04. The van der Waals surface area contributed by atoms with E-state index >= 15 is 0 Å². The van der Waals surface area contributed by atoms with Gasteiger partial charge in [-0.1, -0.05) is 0 Å². The molecule has 1 N–H and O–H groups in total. The van der Waals surface area contributed by atoms with E-state index in [1.54, 1.807) is 0 Å². The minimum absolute atomic E-state index is 0.611. The minimum atomic E-state index is 0.611. The molecule has 0 radical (unpaired) electrons. The van der Waals surface area contributed by atoms with Crippen LogP contribution in [0.15, 0.2) is 0 Å². The Morgan fingerprint density at radius 3 is 3.00 bits per heavy atom. The van der Waals surface area contributed by atoms with E-state index in [1.807, 2.05) is 4.68 Å². The van der Waals surface area contributed by atoms with Crippen LogP contribution in [0, 0.1) is 11.8 Å². The van der Waals surface area contributed by atoms with Crippen molar-refractivity contribution in [3.8, 4) is 0 Å². The van der Waals surface area contributed by atoms with Crippen LogP contribution in [0.25, 0.3) is 5.84 Å². The maximum Gasteiger partial charge on any atom is 0.151 e. The highest BCUT2D eigenvalue weighted by Gasteiger charge is 2.50.